The number of carboxylic acids is 1. The average Bonchev–Trinajstić information content (AvgIpc) is 3.47. The molecule has 0 spiro atoms. The van der Waals surface area contributed by atoms with Crippen LogP contribution in [0.2, 0.25) is 0 Å². The molecule has 0 radical (unpaired) electrons. The molecule has 2 aromatic rings. The smallest absolute Gasteiger partial charge is 0.475 e. The Hall–Kier alpha value is -3.45. The highest BCUT2D eigenvalue weighted by Gasteiger charge is 2.38. The van der Waals surface area contributed by atoms with Gasteiger partial charge in [0.15, 0.2) is 0 Å². The van der Waals surface area contributed by atoms with Gasteiger partial charge < -0.3 is 15.3 Å². The third kappa shape index (κ3) is 10.8. The monoisotopic (exact) mass is 598 g/mol. The molecule has 0 atom stereocenters. The summed E-state index contributed by atoms with van der Waals surface area (Å²) in [6.45, 7) is 4.72. The molecule has 2 N–H and O–H groups in total. The van der Waals surface area contributed by atoms with Gasteiger partial charge in [0.25, 0.3) is 0 Å². The van der Waals surface area contributed by atoms with E-state index >= 15 is 0 Å². The van der Waals surface area contributed by atoms with Crippen LogP contribution in [0, 0.1) is 0 Å². The van der Waals surface area contributed by atoms with Crippen molar-refractivity contribution in [3.63, 3.8) is 0 Å². The Labute approximate surface area is 239 Å². The van der Waals surface area contributed by atoms with Gasteiger partial charge in [0.2, 0.25) is 15.9 Å². The van der Waals surface area contributed by atoms with E-state index in [1.807, 2.05) is 12.1 Å². The zero-order valence-corrected chi connectivity index (χ0v) is 24.3. The van der Waals surface area contributed by atoms with Crippen LogP contribution in [0.4, 0.5) is 13.2 Å². The van der Waals surface area contributed by atoms with Crippen molar-refractivity contribution < 1.29 is 36.3 Å². The number of hydrogen-bond acceptors (Lipinski definition) is 6. The molecule has 1 heterocycles. The second-order valence-corrected chi connectivity index (χ2v) is 11.6. The van der Waals surface area contributed by atoms with Crippen LogP contribution < -0.4 is 5.32 Å². The van der Waals surface area contributed by atoms with Gasteiger partial charge >= 0.3 is 12.1 Å². The lowest BCUT2D eigenvalue weighted by Gasteiger charge is -2.20. The van der Waals surface area contributed by atoms with E-state index in [4.69, 9.17) is 9.90 Å². The number of rotatable bonds is 12. The van der Waals surface area contributed by atoms with Gasteiger partial charge in [-0.15, -0.1) is 0 Å². The molecule has 1 aliphatic rings. The molecule has 226 valence electrons. The summed E-state index contributed by atoms with van der Waals surface area (Å²) in [7, 11) is -0.182. The molecule has 0 fully saturated rings. The lowest BCUT2D eigenvalue weighted by molar-refractivity contribution is -0.192. The Balaban J connectivity index is 0.000000745. The first-order valence-corrected chi connectivity index (χ1v) is 14.7. The molecule has 3 rings (SSSR count). The van der Waals surface area contributed by atoms with E-state index in [-0.39, 0.29) is 5.91 Å². The van der Waals surface area contributed by atoms with E-state index in [0.29, 0.717) is 30.8 Å². The van der Waals surface area contributed by atoms with E-state index in [1.54, 1.807) is 31.1 Å². The summed E-state index contributed by atoms with van der Waals surface area (Å²) in [6.07, 6.45) is -1.56. The van der Waals surface area contributed by atoms with Crippen LogP contribution >= 0.6 is 0 Å². The standard InChI is InChI=1S/C26H36N4O3S.C2HF3O2/c1-4-6-21-10-14-24(15-11-21)34(32,33)30(3)19-5-7-25(31)29(2)20-16-22-8-12-23(13-9-22)26-27-17-18-28-26;3-2(4,5)1(6)7/h8-15H,4-7,16-20H2,1-3H3,(H,27,28);(H,6,7). The number of benzene rings is 2. The van der Waals surface area contributed by atoms with E-state index in [1.165, 1.54) is 4.31 Å². The van der Waals surface area contributed by atoms with Gasteiger partial charge in [0.05, 0.1) is 11.4 Å². The summed E-state index contributed by atoms with van der Waals surface area (Å²) in [6, 6.07) is 15.3. The number of aliphatic imine (C=N–C) groups is 1. The molecule has 1 amide bonds. The second kappa shape index (κ2) is 15.5. The Morgan fingerprint density at radius 2 is 1.54 bits per heavy atom. The van der Waals surface area contributed by atoms with Crippen molar-refractivity contribution in [1.82, 2.24) is 14.5 Å². The molecular formula is C28H37F3N4O5S. The lowest BCUT2D eigenvalue weighted by Crippen LogP contribution is -2.31. The minimum atomic E-state index is -5.08. The van der Waals surface area contributed by atoms with Crippen molar-refractivity contribution in [3.8, 4) is 0 Å². The molecule has 1 aliphatic heterocycles. The number of alkyl halides is 3. The van der Waals surface area contributed by atoms with Crippen LogP contribution in [0.15, 0.2) is 58.4 Å². The maximum atomic E-state index is 12.8. The number of aliphatic carboxylic acids is 1. The number of carbonyl (C=O) groups excluding carboxylic acids is 1. The van der Waals surface area contributed by atoms with Crippen molar-refractivity contribution in [2.75, 3.05) is 40.3 Å². The average molecular weight is 599 g/mol. The Bertz CT molecular complexity index is 1280. The number of nitrogens with one attached hydrogen (secondary N) is 1. The van der Waals surface area contributed by atoms with Gasteiger partial charge in [-0.2, -0.15) is 13.2 Å². The molecule has 0 aromatic heterocycles. The zero-order valence-electron chi connectivity index (χ0n) is 23.4. The van der Waals surface area contributed by atoms with Crippen molar-refractivity contribution in [2.24, 2.45) is 4.99 Å². The molecule has 41 heavy (non-hydrogen) atoms. The highest BCUT2D eigenvalue weighted by molar-refractivity contribution is 7.89. The number of carbonyl (C=O) groups is 2. The fourth-order valence-electron chi connectivity index (χ4n) is 3.90. The molecule has 0 saturated heterocycles. The first kappa shape index (κ1) is 33.8. The highest BCUT2D eigenvalue weighted by atomic mass is 32.2. The fraction of sp³-hybridized carbons (Fsp3) is 0.464. The molecule has 2 aromatic carbocycles. The van der Waals surface area contributed by atoms with Crippen molar-refractivity contribution in [1.29, 1.82) is 0 Å². The first-order chi connectivity index (χ1) is 19.3. The van der Waals surface area contributed by atoms with Crippen LogP contribution in [0.1, 0.15) is 42.9 Å². The highest BCUT2D eigenvalue weighted by Crippen LogP contribution is 2.17. The normalized spacial score (nSPS) is 13.2. The van der Waals surface area contributed by atoms with Gasteiger partial charge in [-0.1, -0.05) is 49.7 Å². The second-order valence-electron chi connectivity index (χ2n) is 9.55. The number of sulfonamides is 1. The quantitative estimate of drug-likeness (QED) is 0.385. The topological polar surface area (TPSA) is 119 Å². The summed E-state index contributed by atoms with van der Waals surface area (Å²) in [5, 5.41) is 10.4. The van der Waals surface area contributed by atoms with Crippen LogP contribution in [0.3, 0.4) is 0 Å². The summed E-state index contributed by atoms with van der Waals surface area (Å²) in [5.74, 6) is -1.79. The zero-order chi connectivity index (χ0) is 30.6. The number of carboxylic acid groups (broad SMARTS) is 1. The van der Waals surface area contributed by atoms with Crippen LogP contribution in [0.5, 0.6) is 0 Å². The van der Waals surface area contributed by atoms with Gasteiger partial charge in [-0.05, 0) is 42.5 Å². The van der Waals surface area contributed by atoms with Gasteiger partial charge in [0.1, 0.15) is 5.84 Å². The SMILES string of the molecule is CCCc1ccc(S(=O)(=O)N(C)CCCC(=O)N(C)CCc2ccc(C3=NCCN3)cc2)cc1.O=C(O)C(F)(F)F. The van der Waals surface area contributed by atoms with Crippen molar-refractivity contribution in [3.05, 3.63) is 65.2 Å². The summed E-state index contributed by atoms with van der Waals surface area (Å²) < 4.78 is 58.7. The molecule has 0 unspecified atom stereocenters. The third-order valence-electron chi connectivity index (χ3n) is 6.34. The number of halogens is 3. The van der Waals surface area contributed by atoms with Crippen LogP contribution in [0.25, 0.3) is 0 Å². The van der Waals surface area contributed by atoms with Gasteiger partial charge in [-0.25, -0.2) is 17.5 Å². The molecule has 0 saturated carbocycles. The number of hydrogen-bond donors (Lipinski definition) is 2. The predicted octanol–water partition coefficient (Wildman–Crippen LogP) is 3.72. The number of amidine groups is 1. The molecular weight excluding hydrogens is 561 g/mol. The number of amides is 1. The van der Waals surface area contributed by atoms with Crippen molar-refractivity contribution in [2.45, 2.75) is 50.1 Å². The maximum absolute atomic E-state index is 12.8. The lowest BCUT2D eigenvalue weighted by atomic mass is 10.1. The molecule has 0 bridgehead atoms. The van der Waals surface area contributed by atoms with E-state index in [0.717, 1.165) is 54.9 Å². The molecule has 13 heteroatoms. The Morgan fingerprint density at radius 1 is 0.976 bits per heavy atom. The van der Waals surface area contributed by atoms with Crippen LogP contribution in [-0.2, 0) is 32.5 Å². The summed E-state index contributed by atoms with van der Waals surface area (Å²) in [4.78, 5) is 27.9. The van der Waals surface area contributed by atoms with Gasteiger partial charge in [0, 0.05) is 45.7 Å². The number of likely N-dealkylation sites (N-methyl/N-ethyl adjacent to an activating group) is 1. The number of nitrogens with zero attached hydrogens (tertiary/aromatic N) is 3. The maximum Gasteiger partial charge on any atom is 0.490 e. The third-order valence-corrected chi connectivity index (χ3v) is 8.21. The first-order valence-electron chi connectivity index (χ1n) is 13.2. The van der Waals surface area contributed by atoms with Crippen molar-refractivity contribution >= 4 is 27.7 Å². The van der Waals surface area contributed by atoms with E-state index in [9.17, 15) is 26.4 Å². The minimum absolute atomic E-state index is 0.0239. The molecule has 0 aliphatic carbocycles. The molecule has 9 nitrogen and oxygen atoms in total. The largest absolute Gasteiger partial charge is 0.490 e. The summed E-state index contributed by atoms with van der Waals surface area (Å²) >= 11 is 0. The fourth-order valence-corrected chi connectivity index (χ4v) is 5.11. The Kier molecular flexibility index (Phi) is 12.8. The van der Waals surface area contributed by atoms with Crippen LogP contribution in [-0.4, -0.2) is 86.9 Å². The van der Waals surface area contributed by atoms with E-state index < -0.39 is 22.2 Å². The Morgan fingerprint density at radius 3 is 2.05 bits per heavy atom. The summed E-state index contributed by atoms with van der Waals surface area (Å²) in [5.41, 5.74) is 3.38. The van der Waals surface area contributed by atoms with Gasteiger partial charge in [-0.3, -0.25) is 9.79 Å². The number of aryl methyl sites for hydroxylation is 1. The minimum Gasteiger partial charge on any atom is -0.475 e. The van der Waals surface area contributed by atoms with E-state index in [2.05, 4.69) is 41.5 Å². The predicted molar refractivity (Wildman–Crippen MR) is 150 cm³/mol.